The Kier molecular flexibility index (Phi) is 3.89. The van der Waals surface area contributed by atoms with Gasteiger partial charge in [0.2, 0.25) is 0 Å². The minimum atomic E-state index is -0.933. The molecule has 2 rings (SSSR count). The highest BCUT2D eigenvalue weighted by molar-refractivity contribution is 6.05. The van der Waals surface area contributed by atoms with Crippen LogP contribution in [0.25, 0.3) is 0 Å². The van der Waals surface area contributed by atoms with Crippen molar-refractivity contribution in [3.8, 4) is 0 Å². The maximum absolute atomic E-state index is 13.8. The van der Waals surface area contributed by atoms with Gasteiger partial charge in [0.05, 0.1) is 0 Å². The largest absolute Gasteiger partial charge is 0.322 e. The fraction of sp³-hybridized carbons (Fsp3) is 0.0667. The molecule has 102 valence electrons. The van der Waals surface area contributed by atoms with Crippen molar-refractivity contribution in [3.63, 3.8) is 0 Å². The Hall–Kier alpha value is -2.56. The van der Waals surface area contributed by atoms with Crippen LogP contribution in [0.4, 0.5) is 14.5 Å². The maximum atomic E-state index is 13.8. The molecule has 0 spiro atoms. The number of carbonyl (C=O) groups excluding carboxylic acids is 2. The van der Waals surface area contributed by atoms with Gasteiger partial charge in [-0.2, -0.15) is 0 Å². The van der Waals surface area contributed by atoms with Crippen molar-refractivity contribution in [2.24, 2.45) is 0 Å². The standard InChI is InChI=1S/C15H11F2NO2/c1-9-5-6-12(16)13(14(9)17)15(20)18-11-4-2-3-10(7-11)8-19/h2-8H,1H3,(H,18,20). The van der Waals surface area contributed by atoms with Crippen molar-refractivity contribution in [2.45, 2.75) is 6.92 Å². The number of anilines is 1. The van der Waals surface area contributed by atoms with E-state index in [0.717, 1.165) is 6.07 Å². The molecule has 0 bridgehead atoms. The Labute approximate surface area is 114 Å². The first-order valence-corrected chi connectivity index (χ1v) is 5.84. The highest BCUT2D eigenvalue weighted by atomic mass is 19.1. The normalized spacial score (nSPS) is 10.2. The van der Waals surface area contributed by atoms with Gasteiger partial charge in [0.1, 0.15) is 23.5 Å². The third-order valence-corrected chi connectivity index (χ3v) is 2.79. The van der Waals surface area contributed by atoms with Gasteiger partial charge in [-0.05, 0) is 30.7 Å². The van der Waals surface area contributed by atoms with E-state index in [1.807, 2.05) is 0 Å². The van der Waals surface area contributed by atoms with E-state index < -0.39 is 23.1 Å². The van der Waals surface area contributed by atoms with Crippen LogP contribution in [0.15, 0.2) is 36.4 Å². The minimum absolute atomic E-state index is 0.179. The number of benzene rings is 2. The van der Waals surface area contributed by atoms with Gasteiger partial charge < -0.3 is 5.32 Å². The number of carbonyl (C=O) groups is 2. The van der Waals surface area contributed by atoms with Gasteiger partial charge in [-0.1, -0.05) is 18.2 Å². The zero-order valence-corrected chi connectivity index (χ0v) is 10.6. The van der Waals surface area contributed by atoms with Crippen LogP contribution in [0.5, 0.6) is 0 Å². The van der Waals surface area contributed by atoms with Crippen LogP contribution in [-0.2, 0) is 0 Å². The first-order chi connectivity index (χ1) is 9.52. The Morgan fingerprint density at radius 2 is 1.95 bits per heavy atom. The Morgan fingerprint density at radius 3 is 2.65 bits per heavy atom. The number of halogens is 2. The second kappa shape index (κ2) is 5.61. The monoisotopic (exact) mass is 275 g/mol. The molecule has 20 heavy (non-hydrogen) atoms. The topological polar surface area (TPSA) is 46.2 Å². The van der Waals surface area contributed by atoms with Crippen LogP contribution in [-0.4, -0.2) is 12.2 Å². The van der Waals surface area contributed by atoms with Gasteiger partial charge >= 0.3 is 0 Å². The van der Waals surface area contributed by atoms with Gasteiger partial charge in [0.25, 0.3) is 5.91 Å². The van der Waals surface area contributed by atoms with Gasteiger partial charge in [0, 0.05) is 11.3 Å². The summed E-state index contributed by atoms with van der Waals surface area (Å²) in [5, 5.41) is 2.36. The molecule has 2 aromatic rings. The summed E-state index contributed by atoms with van der Waals surface area (Å²) in [6.45, 7) is 1.44. The molecule has 0 radical (unpaired) electrons. The highest BCUT2D eigenvalue weighted by Gasteiger charge is 2.19. The average Bonchev–Trinajstić information content (AvgIpc) is 2.43. The lowest BCUT2D eigenvalue weighted by molar-refractivity contribution is 0.101. The lowest BCUT2D eigenvalue weighted by Crippen LogP contribution is -2.16. The number of aryl methyl sites for hydroxylation is 1. The fourth-order valence-corrected chi connectivity index (χ4v) is 1.75. The third kappa shape index (κ3) is 2.71. The Morgan fingerprint density at radius 1 is 1.20 bits per heavy atom. The molecule has 0 aliphatic heterocycles. The molecule has 0 saturated heterocycles. The van der Waals surface area contributed by atoms with Crippen LogP contribution in [0.2, 0.25) is 0 Å². The van der Waals surface area contributed by atoms with Gasteiger partial charge in [-0.15, -0.1) is 0 Å². The van der Waals surface area contributed by atoms with Gasteiger partial charge in [0.15, 0.2) is 0 Å². The number of nitrogens with one attached hydrogen (secondary N) is 1. The highest BCUT2D eigenvalue weighted by Crippen LogP contribution is 2.18. The molecule has 2 aromatic carbocycles. The first-order valence-electron chi connectivity index (χ1n) is 5.84. The van der Waals surface area contributed by atoms with E-state index in [2.05, 4.69) is 5.32 Å². The number of aldehydes is 1. The van der Waals surface area contributed by atoms with Crippen LogP contribution >= 0.6 is 0 Å². The molecular formula is C15H11F2NO2. The van der Waals surface area contributed by atoms with Gasteiger partial charge in [-0.3, -0.25) is 9.59 Å². The van der Waals surface area contributed by atoms with Crippen molar-refractivity contribution < 1.29 is 18.4 Å². The molecule has 0 unspecified atom stereocenters. The van der Waals surface area contributed by atoms with Crippen molar-refractivity contribution in [3.05, 3.63) is 64.7 Å². The number of hydrogen-bond acceptors (Lipinski definition) is 2. The van der Waals surface area contributed by atoms with E-state index >= 15 is 0 Å². The molecule has 0 saturated carbocycles. The summed E-state index contributed by atoms with van der Waals surface area (Å²) in [5.41, 5.74) is 0.188. The predicted octanol–water partition coefficient (Wildman–Crippen LogP) is 3.34. The van der Waals surface area contributed by atoms with Crippen molar-refractivity contribution in [2.75, 3.05) is 5.32 Å². The van der Waals surface area contributed by atoms with E-state index in [4.69, 9.17) is 0 Å². The molecule has 0 aromatic heterocycles. The summed E-state index contributed by atoms with van der Waals surface area (Å²) in [4.78, 5) is 22.6. The summed E-state index contributed by atoms with van der Waals surface area (Å²) in [7, 11) is 0. The molecule has 0 atom stereocenters. The number of rotatable bonds is 3. The van der Waals surface area contributed by atoms with Crippen molar-refractivity contribution >= 4 is 17.9 Å². The molecule has 0 heterocycles. The molecule has 0 aliphatic rings. The second-order valence-electron chi connectivity index (χ2n) is 4.25. The van der Waals surface area contributed by atoms with E-state index in [1.165, 1.54) is 25.1 Å². The van der Waals surface area contributed by atoms with Gasteiger partial charge in [-0.25, -0.2) is 8.78 Å². The van der Waals surface area contributed by atoms with Crippen LogP contribution < -0.4 is 5.32 Å². The number of amides is 1. The van der Waals surface area contributed by atoms with Crippen LogP contribution in [0.1, 0.15) is 26.3 Å². The fourth-order valence-electron chi connectivity index (χ4n) is 1.75. The Bertz CT molecular complexity index is 684. The molecule has 5 heteroatoms. The number of hydrogen-bond donors (Lipinski definition) is 1. The zero-order valence-electron chi connectivity index (χ0n) is 10.6. The zero-order chi connectivity index (χ0) is 14.7. The molecular weight excluding hydrogens is 264 g/mol. The SMILES string of the molecule is Cc1ccc(F)c(C(=O)Nc2cccc(C=O)c2)c1F. The summed E-state index contributed by atoms with van der Waals surface area (Å²) in [6.07, 6.45) is 0.615. The molecule has 1 amide bonds. The minimum Gasteiger partial charge on any atom is -0.322 e. The van der Waals surface area contributed by atoms with E-state index in [0.29, 0.717) is 17.5 Å². The van der Waals surface area contributed by atoms with Crippen molar-refractivity contribution in [1.82, 2.24) is 0 Å². The predicted molar refractivity (Wildman–Crippen MR) is 70.9 cm³/mol. The lowest BCUT2D eigenvalue weighted by Gasteiger charge is -2.09. The lowest BCUT2D eigenvalue weighted by atomic mass is 10.1. The second-order valence-corrected chi connectivity index (χ2v) is 4.25. The first kappa shape index (κ1) is 13.9. The van der Waals surface area contributed by atoms with E-state index in [9.17, 15) is 18.4 Å². The quantitative estimate of drug-likeness (QED) is 0.873. The molecule has 3 nitrogen and oxygen atoms in total. The smallest absolute Gasteiger partial charge is 0.261 e. The van der Waals surface area contributed by atoms with Crippen LogP contribution in [0.3, 0.4) is 0 Å². The molecule has 0 fully saturated rings. The summed E-state index contributed by atoms with van der Waals surface area (Å²) in [5.74, 6) is -2.72. The summed E-state index contributed by atoms with van der Waals surface area (Å²) in [6, 6.07) is 8.34. The Balaban J connectivity index is 2.33. The van der Waals surface area contributed by atoms with E-state index in [-0.39, 0.29) is 5.56 Å². The average molecular weight is 275 g/mol. The third-order valence-electron chi connectivity index (χ3n) is 2.79. The van der Waals surface area contributed by atoms with Crippen molar-refractivity contribution in [1.29, 1.82) is 0 Å². The molecule has 1 N–H and O–H groups in total. The van der Waals surface area contributed by atoms with Crippen LogP contribution in [0, 0.1) is 18.6 Å². The summed E-state index contributed by atoms with van der Waals surface area (Å²) >= 11 is 0. The maximum Gasteiger partial charge on any atom is 0.261 e. The van der Waals surface area contributed by atoms with E-state index in [1.54, 1.807) is 12.1 Å². The molecule has 0 aliphatic carbocycles. The summed E-state index contributed by atoms with van der Waals surface area (Å²) < 4.78 is 27.4.